The van der Waals surface area contributed by atoms with Gasteiger partial charge in [-0.25, -0.2) is 4.79 Å². The number of amides is 1. The normalized spacial score (nSPS) is 29.8. The van der Waals surface area contributed by atoms with Crippen LogP contribution in [0.4, 0.5) is 0 Å². The lowest BCUT2D eigenvalue weighted by atomic mass is 9.90. The first-order valence-electron chi connectivity index (χ1n) is 32.7. The largest absolute Gasteiger partial charge is 0.477 e. The van der Waals surface area contributed by atoms with Crippen LogP contribution in [0, 0.1) is 0 Å². The fourth-order valence-electron chi connectivity index (χ4n) is 11.3. The third kappa shape index (κ3) is 28.2. The molecule has 14 N–H and O–H groups in total. The van der Waals surface area contributed by atoms with Crippen molar-refractivity contribution < 1.29 is 104 Å². The number of nitrogens with one attached hydrogen (secondary N) is 1. The second-order valence-electron chi connectivity index (χ2n) is 23.9. The maximum atomic E-state index is 13.4. The molecule has 0 aromatic carbocycles. The highest BCUT2D eigenvalue weighted by Crippen LogP contribution is 2.38. The SMILES string of the molecule is CCCCCCCC/C=C\CCCCCCCCCCCCCC(=O)N[C@@H](CO[C@@H]1OC(CO)[C@@H](O[C@@H]2OC(CO)[C@H](O)[C@H](O[C@]3(C(=O)O)CC(O)[C@@H](O)C([C@H](O)[C@H](O)CO)O3)C2O)[C@H](O)C1O)[C@H](O)/C=C/CCCCCCCCCCCCC. The molecule has 0 spiro atoms. The van der Waals surface area contributed by atoms with E-state index in [0.717, 1.165) is 44.9 Å². The van der Waals surface area contributed by atoms with Crippen LogP contribution in [-0.2, 0) is 38.0 Å². The molecule has 3 aliphatic heterocycles. The van der Waals surface area contributed by atoms with Gasteiger partial charge in [0.05, 0.1) is 44.7 Å². The van der Waals surface area contributed by atoms with Crippen LogP contribution in [0.2, 0.25) is 0 Å². The lowest BCUT2D eigenvalue weighted by Gasteiger charge is -2.50. The van der Waals surface area contributed by atoms with Gasteiger partial charge in [0.25, 0.3) is 5.79 Å². The molecule has 3 fully saturated rings. The van der Waals surface area contributed by atoms with E-state index in [1.807, 2.05) is 6.08 Å². The number of hydrogen-bond acceptors (Lipinski definition) is 20. The smallest absolute Gasteiger partial charge is 0.364 e. The van der Waals surface area contributed by atoms with E-state index < -0.39 is 149 Å². The van der Waals surface area contributed by atoms with Crippen LogP contribution in [0.25, 0.3) is 0 Å². The average molecular weight is 1220 g/mol. The Kier molecular flexibility index (Phi) is 40.8. The lowest BCUT2D eigenvalue weighted by molar-refractivity contribution is -0.390. The first-order valence-corrected chi connectivity index (χ1v) is 32.7. The summed E-state index contributed by atoms with van der Waals surface area (Å²) in [5, 5.41) is 142. The van der Waals surface area contributed by atoms with Gasteiger partial charge < -0.3 is 100 Å². The monoisotopic (exact) mass is 1220 g/mol. The van der Waals surface area contributed by atoms with Crippen molar-refractivity contribution >= 4 is 11.9 Å². The molecular weight excluding hydrogens is 1110 g/mol. The number of carbonyl (C=O) groups excluding carboxylic acids is 1. The Morgan fingerprint density at radius 3 is 1.52 bits per heavy atom. The predicted octanol–water partition coefficient (Wildman–Crippen LogP) is 5.14. The fraction of sp³-hybridized carbons (Fsp3) is 0.905. The Hall–Kier alpha value is -2.30. The first kappa shape index (κ1) is 76.9. The van der Waals surface area contributed by atoms with E-state index in [1.54, 1.807) is 6.08 Å². The molecule has 18 atom stereocenters. The molecule has 85 heavy (non-hydrogen) atoms. The van der Waals surface area contributed by atoms with Gasteiger partial charge in [-0.2, -0.15) is 0 Å². The summed E-state index contributed by atoms with van der Waals surface area (Å²) in [5.41, 5.74) is 0. The summed E-state index contributed by atoms with van der Waals surface area (Å²) in [5.74, 6) is -5.39. The third-order valence-corrected chi connectivity index (χ3v) is 16.7. The lowest BCUT2D eigenvalue weighted by Crippen LogP contribution is -2.69. The fourth-order valence-corrected chi connectivity index (χ4v) is 11.3. The quantitative estimate of drug-likeness (QED) is 0.0277. The molecule has 0 aromatic rings. The maximum absolute atomic E-state index is 13.4. The Morgan fingerprint density at radius 2 is 1.04 bits per heavy atom. The minimum Gasteiger partial charge on any atom is -0.477 e. The summed E-state index contributed by atoms with van der Waals surface area (Å²) in [4.78, 5) is 26.2. The highest BCUT2D eigenvalue weighted by Gasteiger charge is 2.60. The minimum absolute atomic E-state index is 0.204. The van der Waals surface area contributed by atoms with Gasteiger partial charge in [0, 0.05) is 12.8 Å². The number of allylic oxidation sites excluding steroid dienone is 3. The summed E-state index contributed by atoms with van der Waals surface area (Å²) < 4.78 is 34.3. The van der Waals surface area contributed by atoms with Crippen molar-refractivity contribution in [3.8, 4) is 0 Å². The molecule has 1 amide bonds. The van der Waals surface area contributed by atoms with E-state index in [-0.39, 0.29) is 12.3 Å². The van der Waals surface area contributed by atoms with Gasteiger partial charge in [-0.3, -0.25) is 4.79 Å². The van der Waals surface area contributed by atoms with Crippen molar-refractivity contribution in [2.75, 3.05) is 26.4 Å². The van der Waals surface area contributed by atoms with Crippen molar-refractivity contribution in [1.82, 2.24) is 5.32 Å². The number of carboxylic acids is 1. The summed E-state index contributed by atoms with van der Waals surface area (Å²) in [6.07, 6.45) is 13.0. The highest BCUT2D eigenvalue weighted by molar-refractivity contribution is 5.76. The van der Waals surface area contributed by atoms with E-state index in [4.69, 9.17) is 28.4 Å². The first-order chi connectivity index (χ1) is 41.0. The Labute approximate surface area is 506 Å². The molecule has 3 saturated heterocycles. The number of carbonyl (C=O) groups is 2. The second-order valence-corrected chi connectivity index (χ2v) is 23.9. The Bertz CT molecular complexity index is 1770. The summed E-state index contributed by atoms with van der Waals surface area (Å²) >= 11 is 0. The number of unbranched alkanes of at least 4 members (excludes halogenated alkanes) is 28. The molecule has 0 aromatic heterocycles. The number of hydrogen-bond donors (Lipinski definition) is 14. The van der Waals surface area contributed by atoms with Gasteiger partial charge in [-0.1, -0.05) is 192 Å². The molecule has 498 valence electrons. The van der Waals surface area contributed by atoms with Crippen LogP contribution in [0.15, 0.2) is 24.3 Å². The molecule has 3 aliphatic rings. The average Bonchev–Trinajstić information content (AvgIpc) is 2.07. The van der Waals surface area contributed by atoms with Crippen LogP contribution < -0.4 is 5.32 Å². The van der Waals surface area contributed by atoms with E-state index in [2.05, 4.69) is 31.3 Å². The number of carboxylic acid groups (broad SMARTS) is 1. The molecular formula is C63H115NO21. The zero-order valence-corrected chi connectivity index (χ0v) is 51.4. The molecule has 22 nitrogen and oxygen atoms in total. The maximum Gasteiger partial charge on any atom is 0.364 e. The topological polar surface area (TPSA) is 365 Å². The van der Waals surface area contributed by atoms with Crippen LogP contribution in [0.5, 0.6) is 0 Å². The van der Waals surface area contributed by atoms with Crippen LogP contribution >= 0.6 is 0 Å². The molecule has 3 heterocycles. The van der Waals surface area contributed by atoms with Gasteiger partial charge in [0.1, 0.15) is 73.2 Å². The van der Waals surface area contributed by atoms with Crippen molar-refractivity contribution in [1.29, 1.82) is 0 Å². The number of ether oxygens (including phenoxy) is 6. The molecule has 0 bridgehead atoms. The number of aliphatic hydroxyl groups excluding tert-OH is 12. The molecule has 0 radical (unpaired) electrons. The van der Waals surface area contributed by atoms with Gasteiger partial charge in [-0.05, 0) is 44.9 Å². The Balaban J connectivity index is 1.57. The van der Waals surface area contributed by atoms with Crippen LogP contribution in [0.1, 0.15) is 226 Å². The van der Waals surface area contributed by atoms with Crippen molar-refractivity contribution in [3.63, 3.8) is 0 Å². The van der Waals surface area contributed by atoms with Gasteiger partial charge in [0.15, 0.2) is 12.6 Å². The highest BCUT2D eigenvalue weighted by atomic mass is 16.8. The Morgan fingerprint density at radius 1 is 0.565 bits per heavy atom. The van der Waals surface area contributed by atoms with Gasteiger partial charge in [0.2, 0.25) is 5.91 Å². The summed E-state index contributed by atoms with van der Waals surface area (Å²) in [6, 6.07) is -1.03. The number of rotatable bonds is 49. The van der Waals surface area contributed by atoms with E-state index in [0.29, 0.717) is 12.8 Å². The standard InChI is InChI=1S/C63H115NO21/c1-3-5-7-9-11-13-15-17-18-19-20-21-22-23-24-26-28-30-32-34-36-38-50(71)64-44(45(68)37-35-33-31-29-27-25-16-14-12-10-8-6-4-2)43-80-60-55(76)54(75)57(49(42-67)82-60)83-61-56(77)59(53(74)48(41-66)81-61)85-63(62(78)79)39-46(69)51(72)58(84-63)52(73)47(70)40-65/h17-18,35,37,44-49,51-61,65-70,72-77H,3-16,19-34,36,38-43H2,1-2H3,(H,64,71)(H,78,79)/b18-17-,37-35+/t44-,45+,46?,47+,48?,49?,51+,52+,53-,54+,55?,56?,57+,58?,59-,60+,61-,63-/m0/s1. The molecule has 6 unspecified atom stereocenters. The van der Waals surface area contributed by atoms with Crippen molar-refractivity contribution in [3.05, 3.63) is 24.3 Å². The van der Waals surface area contributed by atoms with E-state index in [1.165, 1.54) is 141 Å². The molecule has 22 heteroatoms. The molecule has 0 aliphatic carbocycles. The van der Waals surface area contributed by atoms with E-state index in [9.17, 15) is 76.0 Å². The molecule has 3 rings (SSSR count). The minimum atomic E-state index is -3.08. The second kappa shape index (κ2) is 45.0. The third-order valence-electron chi connectivity index (χ3n) is 16.7. The molecule has 0 saturated carbocycles. The van der Waals surface area contributed by atoms with Crippen LogP contribution in [-0.4, -0.2) is 215 Å². The van der Waals surface area contributed by atoms with Crippen LogP contribution in [0.3, 0.4) is 0 Å². The van der Waals surface area contributed by atoms with Gasteiger partial charge in [-0.15, -0.1) is 0 Å². The summed E-state index contributed by atoms with van der Waals surface area (Å²) in [6.45, 7) is 1.09. The number of aliphatic carboxylic acids is 1. The van der Waals surface area contributed by atoms with Crippen molar-refractivity contribution in [2.45, 2.75) is 336 Å². The van der Waals surface area contributed by atoms with Gasteiger partial charge >= 0.3 is 5.97 Å². The van der Waals surface area contributed by atoms with Crippen molar-refractivity contribution in [2.24, 2.45) is 0 Å². The zero-order valence-electron chi connectivity index (χ0n) is 51.4. The number of aliphatic hydroxyl groups is 12. The van der Waals surface area contributed by atoms with E-state index >= 15 is 0 Å². The predicted molar refractivity (Wildman–Crippen MR) is 317 cm³/mol. The summed E-state index contributed by atoms with van der Waals surface area (Å²) in [7, 11) is 0. The zero-order chi connectivity index (χ0) is 62.4.